The first-order valence-electron chi connectivity index (χ1n) is 8.41. The van der Waals surface area contributed by atoms with Crippen LogP contribution >= 0.6 is 0 Å². The van der Waals surface area contributed by atoms with E-state index in [0.717, 1.165) is 0 Å². The highest BCUT2D eigenvalue weighted by molar-refractivity contribution is 5.98. The van der Waals surface area contributed by atoms with Crippen molar-refractivity contribution in [2.75, 3.05) is 13.2 Å². The van der Waals surface area contributed by atoms with E-state index in [1.54, 1.807) is 31.2 Å². The minimum atomic E-state index is -1.07. The van der Waals surface area contributed by atoms with E-state index in [0.29, 0.717) is 16.9 Å². The number of hydrogen-bond donors (Lipinski definition) is 0. The molecule has 0 saturated carbocycles. The van der Waals surface area contributed by atoms with Gasteiger partial charge in [-0.25, -0.2) is 4.79 Å². The summed E-state index contributed by atoms with van der Waals surface area (Å²) in [7, 11) is 0. The van der Waals surface area contributed by atoms with Crippen LogP contribution in [0, 0.1) is 10.1 Å². The zero-order valence-corrected chi connectivity index (χ0v) is 14.3. The molecule has 0 N–H and O–H groups in total. The van der Waals surface area contributed by atoms with E-state index in [9.17, 15) is 14.9 Å². The SMILES string of the molecule is CCOC(=O)C1=C(c2ccccc2)OCC([N+](=O)[O-])[C@@H]1c1ccccc1. The Kier molecular flexibility index (Phi) is 5.31. The molecule has 6 nitrogen and oxygen atoms in total. The molecule has 1 aliphatic rings. The van der Waals surface area contributed by atoms with Crippen molar-refractivity contribution in [1.82, 2.24) is 0 Å². The second-order valence-electron chi connectivity index (χ2n) is 5.88. The summed E-state index contributed by atoms with van der Waals surface area (Å²) in [6, 6.07) is 17.1. The summed E-state index contributed by atoms with van der Waals surface area (Å²) in [5.74, 6) is -0.989. The van der Waals surface area contributed by atoms with E-state index < -0.39 is 22.9 Å². The van der Waals surface area contributed by atoms with Crippen molar-refractivity contribution in [3.63, 3.8) is 0 Å². The van der Waals surface area contributed by atoms with Gasteiger partial charge in [0.1, 0.15) is 5.76 Å². The lowest BCUT2D eigenvalue weighted by molar-refractivity contribution is -0.529. The van der Waals surface area contributed by atoms with Gasteiger partial charge in [0.05, 0.1) is 18.1 Å². The van der Waals surface area contributed by atoms with Crippen molar-refractivity contribution < 1.29 is 19.2 Å². The average Bonchev–Trinajstić information content (AvgIpc) is 2.68. The molecule has 2 atom stereocenters. The maximum absolute atomic E-state index is 12.8. The highest BCUT2D eigenvalue weighted by atomic mass is 16.6. The lowest BCUT2D eigenvalue weighted by Crippen LogP contribution is -2.39. The van der Waals surface area contributed by atoms with Gasteiger partial charge >= 0.3 is 5.97 Å². The van der Waals surface area contributed by atoms with Crippen LogP contribution in [0.15, 0.2) is 66.2 Å². The zero-order valence-electron chi connectivity index (χ0n) is 14.3. The molecule has 0 aromatic heterocycles. The highest BCUT2D eigenvalue weighted by Crippen LogP contribution is 2.40. The molecule has 0 amide bonds. The van der Waals surface area contributed by atoms with Crippen LogP contribution in [0.2, 0.25) is 0 Å². The summed E-state index contributed by atoms with van der Waals surface area (Å²) in [6.07, 6.45) is 0. The molecule has 1 aliphatic heterocycles. The zero-order chi connectivity index (χ0) is 18.5. The van der Waals surface area contributed by atoms with Crippen LogP contribution in [0.5, 0.6) is 0 Å². The summed E-state index contributed by atoms with van der Waals surface area (Å²) in [4.78, 5) is 24.0. The number of benzene rings is 2. The predicted octanol–water partition coefficient (Wildman–Crippen LogP) is 3.42. The van der Waals surface area contributed by atoms with Crippen molar-refractivity contribution in [3.8, 4) is 0 Å². The van der Waals surface area contributed by atoms with Crippen LogP contribution in [0.3, 0.4) is 0 Å². The summed E-state index contributed by atoms with van der Waals surface area (Å²) < 4.78 is 10.9. The van der Waals surface area contributed by atoms with Gasteiger partial charge in [-0.3, -0.25) is 10.1 Å². The molecule has 0 aliphatic carbocycles. The lowest BCUT2D eigenvalue weighted by Gasteiger charge is -2.30. The Hall–Kier alpha value is -3.15. The molecule has 1 unspecified atom stereocenters. The molecule has 26 heavy (non-hydrogen) atoms. The topological polar surface area (TPSA) is 78.7 Å². The number of ether oxygens (including phenoxy) is 2. The molecule has 0 saturated heterocycles. The standard InChI is InChI=1S/C20H19NO5/c1-2-25-20(22)18-17(14-9-5-3-6-10-14)16(21(23)24)13-26-19(18)15-11-7-4-8-12-15/h3-12,16-17H,2,13H2,1H3/t16?,17-/m0/s1. The first-order chi connectivity index (χ1) is 12.6. The Morgan fingerprint density at radius 2 is 1.77 bits per heavy atom. The highest BCUT2D eigenvalue weighted by Gasteiger charge is 2.45. The first-order valence-corrected chi connectivity index (χ1v) is 8.41. The molecule has 1 heterocycles. The molecular formula is C20H19NO5. The van der Waals surface area contributed by atoms with E-state index in [2.05, 4.69) is 0 Å². The van der Waals surface area contributed by atoms with Crippen LogP contribution in [-0.2, 0) is 14.3 Å². The maximum Gasteiger partial charge on any atom is 0.338 e. The normalized spacial score (nSPS) is 19.6. The monoisotopic (exact) mass is 353 g/mol. The summed E-state index contributed by atoms with van der Waals surface area (Å²) in [5.41, 5.74) is 1.57. The van der Waals surface area contributed by atoms with Crippen LogP contribution < -0.4 is 0 Å². The molecule has 2 aromatic carbocycles. The van der Waals surface area contributed by atoms with E-state index >= 15 is 0 Å². The van der Waals surface area contributed by atoms with Gasteiger partial charge in [0.25, 0.3) is 6.04 Å². The fraction of sp³-hybridized carbons (Fsp3) is 0.250. The number of esters is 1. The van der Waals surface area contributed by atoms with Crippen molar-refractivity contribution in [2.24, 2.45) is 0 Å². The van der Waals surface area contributed by atoms with E-state index in [1.165, 1.54) is 0 Å². The molecule has 0 spiro atoms. The Morgan fingerprint density at radius 1 is 1.15 bits per heavy atom. The third-order valence-corrected chi connectivity index (χ3v) is 4.30. The van der Waals surface area contributed by atoms with E-state index in [1.807, 2.05) is 36.4 Å². The Bertz CT molecular complexity index is 817. The molecule has 134 valence electrons. The number of carbonyl (C=O) groups is 1. The third kappa shape index (κ3) is 3.44. The second kappa shape index (κ2) is 7.82. The van der Waals surface area contributed by atoms with Gasteiger partial charge in [0.15, 0.2) is 6.61 Å². The molecule has 0 radical (unpaired) electrons. The number of rotatable bonds is 5. The molecule has 2 aromatic rings. The Morgan fingerprint density at radius 3 is 2.35 bits per heavy atom. The molecule has 6 heteroatoms. The van der Waals surface area contributed by atoms with Gasteiger partial charge < -0.3 is 9.47 Å². The van der Waals surface area contributed by atoms with Crippen molar-refractivity contribution in [1.29, 1.82) is 0 Å². The van der Waals surface area contributed by atoms with Crippen LogP contribution in [-0.4, -0.2) is 30.1 Å². The van der Waals surface area contributed by atoms with Crippen LogP contribution in [0.4, 0.5) is 0 Å². The fourth-order valence-corrected chi connectivity index (χ4v) is 3.16. The number of carbonyl (C=O) groups excluding carboxylic acids is 1. The largest absolute Gasteiger partial charge is 0.485 e. The maximum atomic E-state index is 12.8. The average molecular weight is 353 g/mol. The Labute approximate surface area is 151 Å². The smallest absolute Gasteiger partial charge is 0.338 e. The number of nitrogens with zero attached hydrogens (tertiary/aromatic N) is 1. The molecule has 0 fully saturated rings. The van der Waals surface area contributed by atoms with Gasteiger partial charge in [0, 0.05) is 10.5 Å². The summed E-state index contributed by atoms with van der Waals surface area (Å²) in [6.45, 7) is 1.77. The van der Waals surface area contributed by atoms with Crippen molar-refractivity contribution >= 4 is 11.7 Å². The number of nitro groups is 1. The molecular weight excluding hydrogens is 334 g/mol. The predicted molar refractivity (Wildman–Crippen MR) is 95.9 cm³/mol. The van der Waals surface area contributed by atoms with Crippen LogP contribution in [0.1, 0.15) is 24.0 Å². The second-order valence-corrected chi connectivity index (χ2v) is 5.88. The van der Waals surface area contributed by atoms with E-state index in [-0.39, 0.29) is 18.8 Å². The van der Waals surface area contributed by atoms with Gasteiger partial charge in [0.2, 0.25) is 0 Å². The lowest BCUT2D eigenvalue weighted by atomic mass is 9.82. The number of hydrogen-bond acceptors (Lipinski definition) is 5. The van der Waals surface area contributed by atoms with Crippen molar-refractivity contribution in [2.45, 2.75) is 18.9 Å². The minimum Gasteiger partial charge on any atom is -0.485 e. The minimum absolute atomic E-state index is 0.111. The quantitative estimate of drug-likeness (QED) is 0.467. The van der Waals surface area contributed by atoms with Crippen molar-refractivity contribution in [3.05, 3.63) is 87.5 Å². The third-order valence-electron chi connectivity index (χ3n) is 4.30. The summed E-state index contributed by atoms with van der Waals surface area (Å²) in [5, 5.41) is 11.7. The Balaban J connectivity index is 2.21. The summed E-state index contributed by atoms with van der Waals surface area (Å²) >= 11 is 0. The van der Waals surface area contributed by atoms with E-state index in [4.69, 9.17) is 9.47 Å². The first kappa shape index (κ1) is 17.7. The molecule has 0 bridgehead atoms. The van der Waals surface area contributed by atoms with Crippen LogP contribution in [0.25, 0.3) is 5.76 Å². The molecule has 3 rings (SSSR count). The van der Waals surface area contributed by atoms with Gasteiger partial charge in [-0.15, -0.1) is 0 Å². The van der Waals surface area contributed by atoms with Gasteiger partial charge in [-0.1, -0.05) is 60.7 Å². The van der Waals surface area contributed by atoms with Gasteiger partial charge in [-0.05, 0) is 12.5 Å². The van der Waals surface area contributed by atoms with Gasteiger partial charge in [-0.2, -0.15) is 0 Å². The fourth-order valence-electron chi connectivity index (χ4n) is 3.16.